The van der Waals surface area contributed by atoms with Gasteiger partial charge in [-0.3, -0.25) is 0 Å². The topological polar surface area (TPSA) is 59.4 Å². The molecule has 0 spiro atoms. The van der Waals surface area contributed by atoms with Crippen LogP contribution in [0.25, 0.3) is 11.1 Å². The zero-order valence-corrected chi connectivity index (χ0v) is 9.96. The first-order chi connectivity index (χ1) is 8.74. The second-order valence-corrected chi connectivity index (χ2v) is 3.78. The number of rotatable bonds is 3. The molecule has 0 amide bonds. The highest BCUT2D eigenvalue weighted by Crippen LogP contribution is 2.21. The predicted molar refractivity (Wildman–Crippen MR) is 66.9 cm³/mol. The Kier molecular flexibility index (Phi) is 3.69. The molecule has 4 heteroatoms. The molecule has 4 nitrogen and oxygen atoms in total. The first kappa shape index (κ1) is 12.3. The van der Waals surface area contributed by atoms with Gasteiger partial charge in [-0.2, -0.15) is 0 Å². The summed E-state index contributed by atoms with van der Waals surface area (Å²) in [4.78, 5) is 15.3. The van der Waals surface area contributed by atoms with Crippen molar-refractivity contribution < 1.29 is 14.6 Å². The second kappa shape index (κ2) is 5.42. The number of ether oxygens (including phenoxy) is 1. The Morgan fingerprint density at radius 2 is 2.06 bits per heavy atom. The van der Waals surface area contributed by atoms with Crippen molar-refractivity contribution in [2.24, 2.45) is 0 Å². The number of carbonyl (C=O) groups is 1. The molecular formula is C14H13NO3. The zero-order chi connectivity index (χ0) is 13.0. The third-order valence-corrected chi connectivity index (χ3v) is 2.60. The number of aliphatic hydroxyl groups excluding tert-OH is 1. The summed E-state index contributed by atoms with van der Waals surface area (Å²) < 4.78 is 4.63. The van der Waals surface area contributed by atoms with Crippen molar-refractivity contribution in [1.82, 2.24) is 4.98 Å². The molecule has 1 aromatic carbocycles. The fraction of sp³-hybridized carbons (Fsp3) is 0.143. The monoisotopic (exact) mass is 243 g/mol. The molecule has 1 heterocycles. The largest absolute Gasteiger partial charge is 0.464 e. The van der Waals surface area contributed by atoms with Crippen molar-refractivity contribution in [2.45, 2.75) is 6.61 Å². The lowest BCUT2D eigenvalue weighted by molar-refractivity contribution is 0.0594. The Morgan fingerprint density at radius 3 is 2.78 bits per heavy atom. The molecule has 0 unspecified atom stereocenters. The van der Waals surface area contributed by atoms with Gasteiger partial charge in [-0.1, -0.05) is 18.2 Å². The van der Waals surface area contributed by atoms with Crippen molar-refractivity contribution in [2.75, 3.05) is 7.11 Å². The molecule has 0 fully saturated rings. The van der Waals surface area contributed by atoms with E-state index >= 15 is 0 Å². The van der Waals surface area contributed by atoms with E-state index in [-0.39, 0.29) is 12.3 Å². The van der Waals surface area contributed by atoms with Crippen molar-refractivity contribution >= 4 is 5.97 Å². The van der Waals surface area contributed by atoms with Crippen molar-refractivity contribution in [3.63, 3.8) is 0 Å². The van der Waals surface area contributed by atoms with E-state index in [2.05, 4.69) is 9.72 Å². The van der Waals surface area contributed by atoms with Crippen LogP contribution in [0, 0.1) is 0 Å². The smallest absolute Gasteiger partial charge is 0.356 e. The quantitative estimate of drug-likeness (QED) is 0.838. The fourth-order valence-electron chi connectivity index (χ4n) is 1.68. The molecule has 0 saturated carbocycles. The number of nitrogens with zero attached hydrogens (tertiary/aromatic N) is 1. The number of aliphatic hydroxyl groups is 1. The van der Waals surface area contributed by atoms with E-state index < -0.39 is 5.97 Å². The number of hydrogen-bond donors (Lipinski definition) is 1. The summed E-state index contributed by atoms with van der Waals surface area (Å²) in [5, 5.41) is 9.10. The van der Waals surface area contributed by atoms with E-state index in [4.69, 9.17) is 5.11 Å². The lowest BCUT2D eigenvalue weighted by Gasteiger charge is -2.05. The molecule has 0 radical (unpaired) electrons. The molecule has 0 aliphatic carbocycles. The summed E-state index contributed by atoms with van der Waals surface area (Å²) in [6.07, 6.45) is 1.56. The maximum atomic E-state index is 11.4. The van der Waals surface area contributed by atoms with Gasteiger partial charge in [0.15, 0.2) is 0 Å². The van der Waals surface area contributed by atoms with Gasteiger partial charge in [0.05, 0.1) is 13.7 Å². The second-order valence-electron chi connectivity index (χ2n) is 3.78. The van der Waals surface area contributed by atoms with Gasteiger partial charge in [0, 0.05) is 6.20 Å². The van der Waals surface area contributed by atoms with Gasteiger partial charge in [-0.25, -0.2) is 9.78 Å². The van der Waals surface area contributed by atoms with Crippen LogP contribution in [-0.4, -0.2) is 23.2 Å². The summed E-state index contributed by atoms with van der Waals surface area (Å²) in [5.41, 5.74) is 2.88. The standard InChI is InChI=1S/C14H13NO3/c1-18-14(17)13-8-12(5-6-15-13)11-4-2-3-10(7-11)9-16/h2-8,16H,9H2,1H3. The molecule has 1 N–H and O–H groups in total. The molecule has 0 aliphatic heterocycles. The van der Waals surface area contributed by atoms with Crippen LogP contribution < -0.4 is 0 Å². The minimum atomic E-state index is -0.463. The number of esters is 1. The normalized spacial score (nSPS) is 10.1. The van der Waals surface area contributed by atoms with E-state index in [1.54, 1.807) is 12.3 Å². The Balaban J connectivity index is 2.41. The van der Waals surface area contributed by atoms with Crippen LogP contribution in [0.3, 0.4) is 0 Å². The van der Waals surface area contributed by atoms with Gasteiger partial charge in [-0.15, -0.1) is 0 Å². The third-order valence-electron chi connectivity index (χ3n) is 2.60. The van der Waals surface area contributed by atoms with Crippen LogP contribution in [0.15, 0.2) is 42.6 Å². The summed E-state index contributed by atoms with van der Waals surface area (Å²) >= 11 is 0. The third kappa shape index (κ3) is 2.55. The van der Waals surface area contributed by atoms with Crippen LogP contribution in [0.2, 0.25) is 0 Å². The van der Waals surface area contributed by atoms with Crippen molar-refractivity contribution in [3.8, 4) is 11.1 Å². The molecule has 92 valence electrons. The Labute approximate surface area is 105 Å². The van der Waals surface area contributed by atoms with Crippen molar-refractivity contribution in [3.05, 3.63) is 53.9 Å². The summed E-state index contributed by atoms with van der Waals surface area (Å²) in [5.74, 6) is -0.463. The first-order valence-corrected chi connectivity index (χ1v) is 5.49. The SMILES string of the molecule is COC(=O)c1cc(-c2cccc(CO)c2)ccn1. The van der Waals surface area contributed by atoms with Gasteiger partial charge in [0.25, 0.3) is 0 Å². The average Bonchev–Trinajstić information content (AvgIpc) is 2.46. The number of aromatic nitrogens is 1. The number of carbonyl (C=O) groups excluding carboxylic acids is 1. The summed E-state index contributed by atoms with van der Waals surface area (Å²) in [6, 6.07) is 11.0. The van der Waals surface area contributed by atoms with Gasteiger partial charge < -0.3 is 9.84 Å². The number of pyridine rings is 1. The van der Waals surface area contributed by atoms with E-state index in [1.165, 1.54) is 7.11 Å². The van der Waals surface area contributed by atoms with Crippen LogP contribution in [0.4, 0.5) is 0 Å². The van der Waals surface area contributed by atoms with Gasteiger partial charge in [-0.05, 0) is 34.9 Å². The van der Waals surface area contributed by atoms with Gasteiger partial charge in [0.1, 0.15) is 5.69 Å². The Bertz CT molecular complexity index is 566. The van der Waals surface area contributed by atoms with Gasteiger partial charge >= 0.3 is 5.97 Å². The highest BCUT2D eigenvalue weighted by Gasteiger charge is 2.08. The highest BCUT2D eigenvalue weighted by atomic mass is 16.5. The molecule has 18 heavy (non-hydrogen) atoms. The number of hydrogen-bond acceptors (Lipinski definition) is 4. The maximum absolute atomic E-state index is 11.4. The van der Waals surface area contributed by atoms with E-state index in [0.717, 1.165) is 16.7 Å². The summed E-state index contributed by atoms with van der Waals surface area (Å²) in [7, 11) is 1.32. The van der Waals surface area contributed by atoms with E-state index in [9.17, 15) is 4.79 Å². The molecular weight excluding hydrogens is 230 g/mol. The number of methoxy groups -OCH3 is 1. The predicted octanol–water partition coefficient (Wildman–Crippen LogP) is 2.03. The van der Waals surface area contributed by atoms with E-state index in [1.807, 2.05) is 30.3 Å². The minimum absolute atomic E-state index is 0.0111. The molecule has 2 rings (SSSR count). The van der Waals surface area contributed by atoms with Gasteiger partial charge in [0.2, 0.25) is 0 Å². The lowest BCUT2D eigenvalue weighted by Crippen LogP contribution is -2.03. The lowest BCUT2D eigenvalue weighted by atomic mass is 10.0. The summed E-state index contributed by atoms with van der Waals surface area (Å²) in [6.45, 7) is -0.0111. The minimum Gasteiger partial charge on any atom is -0.464 e. The van der Waals surface area contributed by atoms with Crippen LogP contribution in [-0.2, 0) is 11.3 Å². The number of benzene rings is 1. The Hall–Kier alpha value is -2.20. The molecule has 2 aromatic rings. The Morgan fingerprint density at radius 1 is 1.28 bits per heavy atom. The van der Waals surface area contributed by atoms with Crippen molar-refractivity contribution in [1.29, 1.82) is 0 Å². The molecule has 0 aliphatic rings. The zero-order valence-electron chi connectivity index (χ0n) is 9.96. The average molecular weight is 243 g/mol. The molecule has 0 atom stereocenters. The molecule has 0 bridgehead atoms. The molecule has 0 saturated heterocycles. The molecule has 1 aromatic heterocycles. The fourth-order valence-corrected chi connectivity index (χ4v) is 1.68. The van der Waals surface area contributed by atoms with E-state index in [0.29, 0.717) is 0 Å². The first-order valence-electron chi connectivity index (χ1n) is 5.49. The van der Waals surface area contributed by atoms with Crippen LogP contribution in [0.5, 0.6) is 0 Å². The van der Waals surface area contributed by atoms with Crippen LogP contribution in [0.1, 0.15) is 16.1 Å². The maximum Gasteiger partial charge on any atom is 0.356 e. The highest BCUT2D eigenvalue weighted by molar-refractivity contribution is 5.88. The van der Waals surface area contributed by atoms with Crippen LogP contribution >= 0.6 is 0 Å².